The minimum atomic E-state index is -1.83. The van der Waals surface area contributed by atoms with Crippen molar-refractivity contribution in [2.75, 3.05) is 57.5 Å². The van der Waals surface area contributed by atoms with Crippen molar-refractivity contribution < 1.29 is 37.9 Å². The lowest BCUT2D eigenvalue weighted by atomic mass is 9.76. The fourth-order valence-electron chi connectivity index (χ4n) is 6.84. The third kappa shape index (κ3) is 8.75. The van der Waals surface area contributed by atoms with Gasteiger partial charge in [0.1, 0.15) is 23.2 Å². The topological polar surface area (TPSA) is 127 Å². The Balaban J connectivity index is 0.00000156. The van der Waals surface area contributed by atoms with Gasteiger partial charge in [-0.2, -0.15) is 0 Å². The SMILES string of the molecule is CCC1CCN2C[C@@]3(CCOc4cc(Cl)ccc43)COc3ccc(cc32)S(=O)NC(=O)C(C)(C)OC/C=C/C1OC(=O)N1CCCC1.CCO. The third-order valence-corrected chi connectivity index (χ3v) is 11.1. The first kappa shape index (κ1) is 37.9. The first-order chi connectivity index (χ1) is 24.0. The first-order valence-electron chi connectivity index (χ1n) is 17.5. The summed E-state index contributed by atoms with van der Waals surface area (Å²) in [4.78, 5) is 30.9. The van der Waals surface area contributed by atoms with Gasteiger partial charge in [0.2, 0.25) is 0 Å². The molecule has 0 saturated carbocycles. The molecule has 2 aromatic rings. The van der Waals surface area contributed by atoms with E-state index in [-0.39, 0.29) is 25.2 Å². The number of nitrogens with one attached hydrogen (secondary N) is 1. The summed E-state index contributed by atoms with van der Waals surface area (Å²) < 4.78 is 40.8. The van der Waals surface area contributed by atoms with Crippen LogP contribution < -0.4 is 19.1 Å². The summed E-state index contributed by atoms with van der Waals surface area (Å²) >= 11 is 6.35. The highest BCUT2D eigenvalue weighted by atomic mass is 35.5. The highest BCUT2D eigenvalue weighted by molar-refractivity contribution is 7.83. The number of likely N-dealkylation sites (tertiary alicyclic amines) is 1. The second-order valence-corrected chi connectivity index (χ2v) is 15.3. The molecule has 4 heterocycles. The number of nitrogens with zero attached hydrogens (tertiary/aromatic N) is 2. The van der Waals surface area contributed by atoms with Crippen LogP contribution in [0.15, 0.2) is 53.4 Å². The molecule has 4 aliphatic rings. The molecule has 3 unspecified atom stereocenters. The number of rotatable bonds is 2. The van der Waals surface area contributed by atoms with Gasteiger partial charge in [0.05, 0.1) is 35.8 Å². The largest absolute Gasteiger partial charge is 0.493 e. The number of hydrogen-bond donors (Lipinski definition) is 2. The molecule has 274 valence electrons. The van der Waals surface area contributed by atoms with Gasteiger partial charge in [0.15, 0.2) is 11.0 Å². The van der Waals surface area contributed by atoms with E-state index >= 15 is 0 Å². The Morgan fingerprint density at radius 1 is 1.10 bits per heavy atom. The summed E-state index contributed by atoms with van der Waals surface area (Å²) in [6.07, 6.45) is 7.09. The van der Waals surface area contributed by atoms with E-state index in [9.17, 15) is 13.8 Å². The molecule has 2 aromatic carbocycles. The first-order valence-corrected chi connectivity index (χ1v) is 19.1. The fraction of sp³-hybridized carbons (Fsp3) is 0.568. The number of hydrogen-bond acceptors (Lipinski definition) is 9. The minimum Gasteiger partial charge on any atom is -0.493 e. The van der Waals surface area contributed by atoms with Crippen LogP contribution in [0.3, 0.4) is 0 Å². The second-order valence-electron chi connectivity index (χ2n) is 13.6. The van der Waals surface area contributed by atoms with Gasteiger partial charge in [-0.3, -0.25) is 9.52 Å². The van der Waals surface area contributed by atoms with Gasteiger partial charge in [-0.1, -0.05) is 30.7 Å². The molecule has 0 radical (unpaired) electrons. The number of aliphatic hydroxyl groups excluding tert-OH is 1. The number of fused-ring (bicyclic) bond motifs is 3. The van der Waals surface area contributed by atoms with Crippen LogP contribution >= 0.6 is 11.6 Å². The molecule has 2 N–H and O–H groups in total. The molecule has 4 aliphatic heterocycles. The maximum Gasteiger partial charge on any atom is 0.410 e. The van der Waals surface area contributed by atoms with E-state index in [1.54, 1.807) is 31.7 Å². The number of benzene rings is 2. The number of halogens is 1. The van der Waals surface area contributed by atoms with Crippen LogP contribution in [0, 0.1) is 5.92 Å². The van der Waals surface area contributed by atoms with Crippen LogP contribution in [0.2, 0.25) is 5.02 Å². The van der Waals surface area contributed by atoms with Gasteiger partial charge in [0, 0.05) is 49.3 Å². The smallest absolute Gasteiger partial charge is 0.410 e. The Hall–Kier alpha value is -3.32. The lowest BCUT2D eigenvalue weighted by Crippen LogP contribution is -2.47. The maximum atomic E-state index is 13.5. The zero-order valence-corrected chi connectivity index (χ0v) is 31.0. The molecular formula is C37H50ClN3O8S. The zero-order chi connectivity index (χ0) is 35.9. The van der Waals surface area contributed by atoms with Crippen molar-refractivity contribution in [2.45, 2.75) is 81.8 Å². The van der Waals surface area contributed by atoms with Gasteiger partial charge in [-0.05, 0) is 89.3 Å². The molecule has 1 saturated heterocycles. The highest BCUT2D eigenvalue weighted by Gasteiger charge is 2.43. The maximum absolute atomic E-state index is 13.5. The molecule has 4 atom stereocenters. The van der Waals surface area contributed by atoms with Crippen LogP contribution in [0.1, 0.15) is 65.4 Å². The van der Waals surface area contributed by atoms with Crippen LogP contribution in [0.5, 0.6) is 11.5 Å². The average Bonchev–Trinajstić information content (AvgIpc) is 3.59. The number of amides is 2. The van der Waals surface area contributed by atoms with E-state index in [1.165, 1.54) is 0 Å². The summed E-state index contributed by atoms with van der Waals surface area (Å²) in [5.74, 6) is 0.932. The van der Waals surface area contributed by atoms with Gasteiger partial charge < -0.3 is 33.9 Å². The second kappa shape index (κ2) is 16.8. The molecule has 6 rings (SSSR count). The van der Waals surface area contributed by atoms with Gasteiger partial charge in [0.25, 0.3) is 5.91 Å². The molecule has 0 aromatic heterocycles. The Morgan fingerprint density at radius 2 is 1.86 bits per heavy atom. The quantitative estimate of drug-likeness (QED) is 0.370. The normalized spacial score (nSPS) is 27.0. The van der Waals surface area contributed by atoms with Crippen molar-refractivity contribution in [3.05, 3.63) is 59.1 Å². The van der Waals surface area contributed by atoms with Crippen molar-refractivity contribution in [1.29, 1.82) is 0 Å². The molecule has 1 fully saturated rings. The Kier molecular flexibility index (Phi) is 12.7. The molecule has 0 aliphatic carbocycles. The van der Waals surface area contributed by atoms with Crippen LogP contribution in [-0.4, -0.2) is 90.5 Å². The number of aliphatic hydroxyl groups is 1. The summed E-state index contributed by atoms with van der Waals surface area (Å²) in [5, 5.41) is 8.18. The molecule has 2 bridgehead atoms. The number of anilines is 1. The fourth-order valence-corrected chi connectivity index (χ4v) is 7.94. The number of carbonyl (C=O) groups excluding carboxylic acids is 2. The van der Waals surface area contributed by atoms with Crippen molar-refractivity contribution >= 4 is 40.3 Å². The van der Waals surface area contributed by atoms with E-state index in [4.69, 9.17) is 35.7 Å². The number of carbonyl (C=O) groups is 2. The van der Waals surface area contributed by atoms with Crippen molar-refractivity contribution in [1.82, 2.24) is 9.62 Å². The van der Waals surface area contributed by atoms with Crippen molar-refractivity contribution in [2.24, 2.45) is 5.92 Å². The third-order valence-electron chi connectivity index (χ3n) is 9.79. The van der Waals surface area contributed by atoms with Crippen LogP contribution in [0.4, 0.5) is 10.5 Å². The Morgan fingerprint density at radius 3 is 2.60 bits per heavy atom. The summed E-state index contributed by atoms with van der Waals surface area (Å²) in [6.45, 7) is 11.0. The lowest BCUT2D eigenvalue weighted by molar-refractivity contribution is -0.139. The predicted octanol–water partition coefficient (Wildman–Crippen LogP) is 5.78. The summed E-state index contributed by atoms with van der Waals surface area (Å²) in [5.41, 5.74) is 0.187. The van der Waals surface area contributed by atoms with E-state index in [2.05, 4.69) is 16.5 Å². The molecule has 11 nitrogen and oxygen atoms in total. The lowest BCUT2D eigenvalue weighted by Gasteiger charge is -2.40. The summed E-state index contributed by atoms with van der Waals surface area (Å²) in [6, 6.07) is 11.2. The Bertz CT molecular complexity index is 1570. The van der Waals surface area contributed by atoms with E-state index in [1.807, 2.05) is 42.5 Å². The monoisotopic (exact) mass is 731 g/mol. The summed E-state index contributed by atoms with van der Waals surface area (Å²) in [7, 11) is -1.83. The van der Waals surface area contributed by atoms with Gasteiger partial charge in [-0.25, -0.2) is 9.00 Å². The predicted molar refractivity (Wildman–Crippen MR) is 193 cm³/mol. The minimum absolute atomic E-state index is 0.00341. The standard InChI is InChI=1S/C35H44ClN3O7S.C2H6O/c1-4-24-13-17-39-22-35(14-19-43-31-20-25(36)9-11-27(31)35)23-44-30-12-10-26(21-28(30)39)47(42)37-32(40)34(2,3)45-18-7-8-29(24)46-33(41)38-15-5-6-16-38;1-2-3/h7-12,20-21,24,29H,4-6,13-19,22-23H2,1-3H3,(H,37,40);3H,2H2,1H3/b8-7+;/t24?,29?,35-,47?;/m0./s1. The van der Waals surface area contributed by atoms with Crippen LogP contribution in [-0.2, 0) is 30.7 Å². The number of ether oxygens (including phenoxy) is 4. The van der Waals surface area contributed by atoms with E-state index in [0.717, 1.165) is 42.7 Å². The molecule has 1 spiro atoms. The van der Waals surface area contributed by atoms with Crippen LogP contribution in [0.25, 0.3) is 0 Å². The van der Waals surface area contributed by atoms with Gasteiger partial charge in [-0.15, -0.1) is 0 Å². The molecule has 13 heteroatoms. The zero-order valence-electron chi connectivity index (χ0n) is 29.5. The molecule has 50 heavy (non-hydrogen) atoms. The Labute approximate surface area is 302 Å². The van der Waals surface area contributed by atoms with Crippen molar-refractivity contribution in [3.63, 3.8) is 0 Å². The van der Waals surface area contributed by atoms with Crippen molar-refractivity contribution in [3.8, 4) is 11.5 Å². The molecule has 2 amide bonds. The van der Waals surface area contributed by atoms with Gasteiger partial charge >= 0.3 is 6.09 Å². The molecular weight excluding hydrogens is 682 g/mol. The van der Waals surface area contributed by atoms with E-state index in [0.29, 0.717) is 61.5 Å². The van der Waals surface area contributed by atoms with E-state index < -0.39 is 34.0 Å². The average molecular weight is 732 g/mol. The highest BCUT2D eigenvalue weighted by Crippen LogP contribution is 2.46.